The topological polar surface area (TPSA) is 9.23 Å². The number of hydrogen-bond donors (Lipinski definition) is 0. The minimum absolute atomic E-state index is 0.511. The predicted octanol–water partition coefficient (Wildman–Crippen LogP) is 8.68. The monoisotopic (exact) mass is 428 g/mol. The number of allylic oxidation sites excluding steroid dienone is 2. The molecule has 4 aliphatic carbocycles. The zero-order valence-corrected chi connectivity index (χ0v) is 21.9. The molecular formula is C30H52O. The van der Waals surface area contributed by atoms with E-state index in [1.165, 1.54) is 70.6 Å². The van der Waals surface area contributed by atoms with Crippen LogP contribution in [0.2, 0.25) is 0 Å². The number of ether oxygens (including phenoxy) is 1. The van der Waals surface area contributed by atoms with Crippen molar-refractivity contribution in [2.45, 2.75) is 118 Å². The summed E-state index contributed by atoms with van der Waals surface area (Å²) in [6.45, 7) is 15.2. The molecular weight excluding hydrogens is 376 g/mol. The van der Waals surface area contributed by atoms with Crippen LogP contribution in [-0.2, 0) is 4.74 Å². The molecule has 0 aromatic heterocycles. The maximum absolute atomic E-state index is 5.79. The third-order valence-corrected chi connectivity index (χ3v) is 11.6. The third kappa shape index (κ3) is 4.08. The van der Waals surface area contributed by atoms with Crippen molar-refractivity contribution in [2.75, 3.05) is 7.11 Å². The van der Waals surface area contributed by atoms with Crippen LogP contribution in [0.5, 0.6) is 0 Å². The van der Waals surface area contributed by atoms with Crippen molar-refractivity contribution in [1.29, 1.82) is 0 Å². The first-order valence-corrected chi connectivity index (χ1v) is 14.0. The molecule has 0 N–H and O–H groups in total. The molecule has 0 spiro atoms. The molecule has 1 heteroatoms. The fourth-order valence-electron chi connectivity index (χ4n) is 9.35. The second kappa shape index (κ2) is 9.15. The molecule has 0 radical (unpaired) electrons. The summed E-state index contributed by atoms with van der Waals surface area (Å²) in [7, 11) is 1.92. The fourth-order valence-corrected chi connectivity index (χ4v) is 9.35. The van der Waals surface area contributed by atoms with Gasteiger partial charge in [-0.1, -0.05) is 66.0 Å². The van der Waals surface area contributed by atoms with Crippen molar-refractivity contribution in [2.24, 2.45) is 52.3 Å². The van der Waals surface area contributed by atoms with Crippen LogP contribution in [0.25, 0.3) is 0 Å². The number of rotatable bonds is 7. The summed E-state index contributed by atoms with van der Waals surface area (Å²) in [5, 5.41) is 0. The first-order chi connectivity index (χ1) is 14.7. The van der Waals surface area contributed by atoms with Gasteiger partial charge in [-0.3, -0.25) is 0 Å². The van der Waals surface area contributed by atoms with Gasteiger partial charge in [0.25, 0.3) is 0 Å². The lowest BCUT2D eigenvalue weighted by atomic mass is 9.47. The van der Waals surface area contributed by atoms with Crippen LogP contribution in [0.15, 0.2) is 11.6 Å². The van der Waals surface area contributed by atoms with Gasteiger partial charge in [0.05, 0.1) is 6.10 Å². The Morgan fingerprint density at radius 3 is 2.35 bits per heavy atom. The van der Waals surface area contributed by atoms with Crippen LogP contribution in [0.4, 0.5) is 0 Å². The largest absolute Gasteiger partial charge is 0.381 e. The minimum Gasteiger partial charge on any atom is -0.381 e. The second-order valence-corrected chi connectivity index (χ2v) is 13.1. The Hall–Kier alpha value is -0.300. The van der Waals surface area contributed by atoms with E-state index in [0.29, 0.717) is 16.9 Å². The van der Waals surface area contributed by atoms with Crippen molar-refractivity contribution in [1.82, 2.24) is 0 Å². The summed E-state index contributed by atoms with van der Waals surface area (Å²) >= 11 is 0. The highest BCUT2D eigenvalue weighted by Gasteiger charge is 2.58. The van der Waals surface area contributed by atoms with E-state index in [1.54, 1.807) is 0 Å². The highest BCUT2D eigenvalue weighted by atomic mass is 16.5. The molecule has 4 aliphatic rings. The normalized spacial score (nSPS) is 44.3. The Morgan fingerprint density at radius 1 is 0.968 bits per heavy atom. The van der Waals surface area contributed by atoms with Gasteiger partial charge in [0.2, 0.25) is 0 Å². The number of hydrogen-bond acceptors (Lipinski definition) is 1. The quantitative estimate of drug-likeness (QED) is 0.368. The first kappa shape index (κ1) is 23.8. The van der Waals surface area contributed by atoms with E-state index >= 15 is 0 Å². The number of fused-ring (bicyclic) bond motifs is 5. The summed E-state index contributed by atoms with van der Waals surface area (Å²) in [5.74, 6) is 6.19. The Balaban J connectivity index is 1.48. The maximum Gasteiger partial charge on any atom is 0.0574 e. The van der Waals surface area contributed by atoms with Gasteiger partial charge in [-0.25, -0.2) is 0 Å². The molecule has 0 aliphatic heterocycles. The molecule has 9 unspecified atom stereocenters. The van der Waals surface area contributed by atoms with Gasteiger partial charge in [-0.05, 0) is 110 Å². The molecule has 0 aromatic carbocycles. The minimum atomic E-state index is 0.511. The molecule has 0 bridgehead atoms. The van der Waals surface area contributed by atoms with Crippen LogP contribution in [0, 0.1) is 52.3 Å². The van der Waals surface area contributed by atoms with Gasteiger partial charge in [0, 0.05) is 7.11 Å². The molecule has 0 aromatic rings. The third-order valence-electron chi connectivity index (χ3n) is 11.6. The summed E-state index contributed by atoms with van der Waals surface area (Å²) < 4.78 is 5.79. The van der Waals surface area contributed by atoms with E-state index in [0.717, 1.165) is 41.4 Å². The van der Waals surface area contributed by atoms with Gasteiger partial charge in [-0.2, -0.15) is 0 Å². The Morgan fingerprint density at radius 2 is 1.68 bits per heavy atom. The van der Waals surface area contributed by atoms with Crippen molar-refractivity contribution in [3.8, 4) is 0 Å². The number of methoxy groups -OCH3 is 1. The van der Waals surface area contributed by atoms with Crippen LogP contribution in [0.1, 0.15) is 112 Å². The summed E-state index contributed by atoms with van der Waals surface area (Å²) in [5.41, 5.74) is 3.02. The van der Waals surface area contributed by atoms with Crippen LogP contribution < -0.4 is 0 Å². The van der Waals surface area contributed by atoms with Crippen LogP contribution in [0.3, 0.4) is 0 Å². The van der Waals surface area contributed by atoms with Crippen molar-refractivity contribution in [3.63, 3.8) is 0 Å². The van der Waals surface area contributed by atoms with E-state index in [4.69, 9.17) is 4.74 Å². The SMILES string of the molecule is CCC(CCC(C)C1CCC2C3=CCC4CC(OC)CCC4(C)C3CCC21C)C(C)C. The predicted molar refractivity (Wildman–Crippen MR) is 133 cm³/mol. The van der Waals surface area contributed by atoms with E-state index < -0.39 is 0 Å². The smallest absolute Gasteiger partial charge is 0.0574 e. The lowest BCUT2D eigenvalue weighted by Gasteiger charge is -2.58. The zero-order chi connectivity index (χ0) is 22.4. The van der Waals surface area contributed by atoms with Crippen molar-refractivity contribution >= 4 is 0 Å². The molecule has 9 atom stereocenters. The average molecular weight is 429 g/mol. The highest BCUT2D eigenvalue weighted by molar-refractivity contribution is 5.27. The zero-order valence-electron chi connectivity index (χ0n) is 21.9. The van der Waals surface area contributed by atoms with Crippen molar-refractivity contribution < 1.29 is 4.74 Å². The van der Waals surface area contributed by atoms with Gasteiger partial charge in [0.1, 0.15) is 0 Å². The summed E-state index contributed by atoms with van der Waals surface area (Å²) in [6, 6.07) is 0. The van der Waals surface area contributed by atoms with Crippen molar-refractivity contribution in [3.05, 3.63) is 11.6 Å². The Bertz CT molecular complexity index is 649. The van der Waals surface area contributed by atoms with E-state index in [1.807, 2.05) is 12.7 Å². The standard InChI is InChI=1S/C30H52O/c1-8-22(20(2)3)10-9-21(4)26-13-14-27-25-12-11-23-19-24(31-7)15-17-29(23,5)28(25)16-18-30(26,27)6/h12,20-24,26-28H,8-11,13-19H2,1-7H3. The molecule has 3 saturated carbocycles. The van der Waals surface area contributed by atoms with Crippen LogP contribution >= 0.6 is 0 Å². The first-order valence-electron chi connectivity index (χ1n) is 14.0. The Labute approximate surface area is 194 Å². The average Bonchev–Trinajstić information content (AvgIpc) is 3.10. The molecule has 4 rings (SSSR count). The summed E-state index contributed by atoms with van der Waals surface area (Å²) in [6.07, 6.45) is 18.7. The second-order valence-electron chi connectivity index (χ2n) is 13.1. The molecule has 1 nitrogen and oxygen atoms in total. The van der Waals surface area contributed by atoms with Gasteiger partial charge in [0.15, 0.2) is 0 Å². The van der Waals surface area contributed by atoms with Gasteiger partial charge < -0.3 is 4.74 Å². The maximum atomic E-state index is 5.79. The summed E-state index contributed by atoms with van der Waals surface area (Å²) in [4.78, 5) is 0. The molecule has 31 heavy (non-hydrogen) atoms. The molecule has 178 valence electrons. The van der Waals surface area contributed by atoms with E-state index in [2.05, 4.69) is 47.6 Å². The van der Waals surface area contributed by atoms with Gasteiger partial charge in [-0.15, -0.1) is 0 Å². The van der Waals surface area contributed by atoms with E-state index in [-0.39, 0.29) is 0 Å². The molecule has 3 fully saturated rings. The lowest BCUT2D eigenvalue weighted by Crippen LogP contribution is -2.50. The fraction of sp³-hybridized carbons (Fsp3) is 0.933. The van der Waals surface area contributed by atoms with Gasteiger partial charge >= 0.3 is 0 Å². The molecule has 0 amide bonds. The molecule has 0 saturated heterocycles. The Kier molecular flexibility index (Phi) is 7.04. The van der Waals surface area contributed by atoms with E-state index in [9.17, 15) is 0 Å². The lowest BCUT2D eigenvalue weighted by molar-refractivity contribution is -0.0545. The highest BCUT2D eigenvalue weighted by Crippen LogP contribution is 2.67. The van der Waals surface area contributed by atoms with Crippen LogP contribution in [-0.4, -0.2) is 13.2 Å². The molecule has 0 heterocycles.